The number of rotatable bonds is 6. The smallest absolute Gasteiger partial charge is 0.410 e. The van der Waals surface area contributed by atoms with E-state index in [4.69, 9.17) is 4.74 Å². The van der Waals surface area contributed by atoms with Gasteiger partial charge in [-0.15, -0.1) is 11.3 Å². The van der Waals surface area contributed by atoms with Crippen LogP contribution in [-0.2, 0) is 11.2 Å². The number of thiophene rings is 1. The van der Waals surface area contributed by atoms with Gasteiger partial charge in [-0.25, -0.2) is 4.79 Å². The van der Waals surface area contributed by atoms with E-state index in [0.717, 1.165) is 57.8 Å². The Kier molecular flexibility index (Phi) is 8.60. The number of likely N-dealkylation sites (N-methyl/N-ethyl adjacent to an activating group) is 1. The normalized spacial score (nSPS) is 18.1. The molecule has 1 aliphatic rings. The number of ether oxygens (including phenoxy) is 1. The molecule has 0 aliphatic carbocycles. The van der Waals surface area contributed by atoms with E-state index in [1.165, 1.54) is 4.88 Å². The zero-order valence-corrected chi connectivity index (χ0v) is 18.8. The van der Waals surface area contributed by atoms with E-state index in [9.17, 15) is 4.79 Å². The first kappa shape index (κ1) is 22.5. The van der Waals surface area contributed by atoms with Gasteiger partial charge in [0, 0.05) is 45.2 Å². The monoisotopic (exact) mass is 408 g/mol. The van der Waals surface area contributed by atoms with E-state index < -0.39 is 5.60 Å². The van der Waals surface area contributed by atoms with Crippen LogP contribution in [0, 0.1) is 5.92 Å². The van der Waals surface area contributed by atoms with E-state index in [2.05, 4.69) is 39.8 Å². The number of carbonyl (C=O) groups excluding carboxylic acids is 1. The van der Waals surface area contributed by atoms with E-state index in [0.29, 0.717) is 5.92 Å². The molecule has 158 valence electrons. The lowest BCUT2D eigenvalue weighted by Gasteiger charge is -2.34. The predicted octanol–water partition coefficient (Wildman–Crippen LogP) is 3.84. The highest BCUT2D eigenvalue weighted by atomic mass is 32.1. The molecule has 1 saturated heterocycles. The van der Waals surface area contributed by atoms with Crippen LogP contribution in [0.4, 0.5) is 4.79 Å². The van der Waals surface area contributed by atoms with Crippen molar-refractivity contribution in [2.75, 3.05) is 40.3 Å². The fraction of sp³-hybridized carbons (Fsp3) is 0.714. The Bertz CT molecular complexity index is 625. The number of nitrogens with zero attached hydrogens (tertiary/aromatic N) is 3. The van der Waals surface area contributed by atoms with Gasteiger partial charge in [-0.3, -0.25) is 4.99 Å². The molecule has 28 heavy (non-hydrogen) atoms. The lowest BCUT2D eigenvalue weighted by atomic mass is 9.95. The summed E-state index contributed by atoms with van der Waals surface area (Å²) in [6, 6.07) is 4.27. The highest BCUT2D eigenvalue weighted by molar-refractivity contribution is 7.09. The zero-order chi connectivity index (χ0) is 20.6. The van der Waals surface area contributed by atoms with Crippen molar-refractivity contribution in [1.29, 1.82) is 0 Å². The summed E-state index contributed by atoms with van der Waals surface area (Å²) in [7, 11) is 3.91. The topological polar surface area (TPSA) is 57.2 Å². The largest absolute Gasteiger partial charge is 0.444 e. The Hall–Kier alpha value is -1.76. The minimum absolute atomic E-state index is 0.186. The third-order valence-electron chi connectivity index (χ3n) is 4.85. The lowest BCUT2D eigenvalue weighted by Crippen LogP contribution is -2.44. The molecule has 1 aliphatic heterocycles. The Morgan fingerprint density at radius 2 is 2.25 bits per heavy atom. The van der Waals surface area contributed by atoms with Gasteiger partial charge in [-0.1, -0.05) is 6.07 Å². The maximum Gasteiger partial charge on any atom is 0.410 e. The molecule has 0 bridgehead atoms. The maximum atomic E-state index is 12.3. The first-order chi connectivity index (χ1) is 13.3. The molecule has 0 saturated carbocycles. The van der Waals surface area contributed by atoms with Gasteiger partial charge in [0.25, 0.3) is 0 Å². The fourth-order valence-electron chi connectivity index (χ4n) is 3.40. The molecule has 1 aromatic heterocycles. The third kappa shape index (κ3) is 7.70. The molecule has 0 spiro atoms. The summed E-state index contributed by atoms with van der Waals surface area (Å²) in [6.07, 6.45) is 4.07. The standard InChI is InChI=1S/C21H36N4O2S/c1-21(2,3)27-20(26)25-13-6-8-17(16-25)10-12-23-19(22-4)24(5)14-11-18-9-7-15-28-18/h7,9,15,17H,6,8,10-14,16H2,1-5H3,(H,22,23). The van der Waals surface area contributed by atoms with Gasteiger partial charge >= 0.3 is 6.09 Å². The number of amides is 1. The number of carbonyl (C=O) groups is 1. The molecule has 1 amide bonds. The Balaban J connectivity index is 1.72. The number of piperidine rings is 1. The molecule has 7 heteroatoms. The first-order valence-electron chi connectivity index (χ1n) is 10.2. The summed E-state index contributed by atoms with van der Waals surface area (Å²) < 4.78 is 5.52. The van der Waals surface area contributed by atoms with E-state index in [1.54, 1.807) is 11.3 Å². The minimum atomic E-state index is -0.439. The Morgan fingerprint density at radius 1 is 1.46 bits per heavy atom. The lowest BCUT2D eigenvalue weighted by molar-refractivity contribution is 0.0162. The SMILES string of the molecule is CN=C(NCCC1CCCN(C(=O)OC(C)(C)C)C1)N(C)CCc1cccs1. The average molecular weight is 409 g/mol. The number of nitrogens with one attached hydrogen (secondary N) is 1. The van der Waals surface area contributed by atoms with Crippen LogP contribution < -0.4 is 5.32 Å². The van der Waals surface area contributed by atoms with Crippen molar-refractivity contribution < 1.29 is 9.53 Å². The summed E-state index contributed by atoms with van der Waals surface area (Å²) in [4.78, 5) is 22.1. The average Bonchev–Trinajstić information content (AvgIpc) is 3.16. The number of likely N-dealkylation sites (tertiary alicyclic amines) is 1. The number of guanidine groups is 1. The summed E-state index contributed by atoms with van der Waals surface area (Å²) in [5.41, 5.74) is -0.439. The second kappa shape index (κ2) is 10.7. The van der Waals surface area contributed by atoms with Crippen LogP contribution in [0.2, 0.25) is 0 Å². The molecule has 0 aromatic carbocycles. The Labute approximate surface area is 174 Å². The second-order valence-corrected chi connectivity index (χ2v) is 9.48. The van der Waals surface area contributed by atoms with Crippen LogP contribution in [0.15, 0.2) is 22.5 Å². The molecule has 1 atom stereocenters. The molecular formula is C21H36N4O2S. The second-order valence-electron chi connectivity index (χ2n) is 8.45. The van der Waals surface area contributed by atoms with Crippen molar-refractivity contribution in [2.24, 2.45) is 10.9 Å². The zero-order valence-electron chi connectivity index (χ0n) is 18.0. The van der Waals surface area contributed by atoms with Crippen molar-refractivity contribution in [1.82, 2.24) is 15.1 Å². The molecule has 1 fully saturated rings. The van der Waals surface area contributed by atoms with Crippen LogP contribution >= 0.6 is 11.3 Å². The summed E-state index contributed by atoms with van der Waals surface area (Å²) in [5.74, 6) is 1.43. The quantitative estimate of drug-likeness (QED) is 0.574. The Morgan fingerprint density at radius 3 is 2.89 bits per heavy atom. The van der Waals surface area contributed by atoms with Crippen molar-refractivity contribution in [2.45, 2.75) is 52.1 Å². The molecule has 0 radical (unpaired) electrons. The van der Waals surface area contributed by atoms with Crippen molar-refractivity contribution in [3.05, 3.63) is 22.4 Å². The summed E-state index contributed by atoms with van der Waals surface area (Å²) in [5, 5.41) is 5.59. The van der Waals surface area contributed by atoms with Gasteiger partial charge in [0.1, 0.15) is 5.60 Å². The van der Waals surface area contributed by atoms with Crippen molar-refractivity contribution in [3.63, 3.8) is 0 Å². The van der Waals surface area contributed by atoms with Crippen molar-refractivity contribution in [3.8, 4) is 0 Å². The van der Waals surface area contributed by atoms with E-state index in [-0.39, 0.29) is 6.09 Å². The van der Waals surface area contributed by atoms with Crippen LogP contribution in [-0.4, -0.2) is 67.7 Å². The van der Waals surface area contributed by atoms with Gasteiger partial charge in [-0.05, 0) is 63.8 Å². The van der Waals surface area contributed by atoms with Crippen LogP contribution in [0.3, 0.4) is 0 Å². The molecular weight excluding hydrogens is 372 g/mol. The van der Waals surface area contributed by atoms with Gasteiger partial charge < -0.3 is 19.9 Å². The molecule has 1 aromatic rings. The highest BCUT2D eigenvalue weighted by Gasteiger charge is 2.27. The molecule has 1 unspecified atom stereocenters. The van der Waals surface area contributed by atoms with Crippen molar-refractivity contribution >= 4 is 23.4 Å². The molecule has 2 rings (SSSR count). The van der Waals surface area contributed by atoms with Crippen LogP contribution in [0.5, 0.6) is 0 Å². The fourth-order valence-corrected chi connectivity index (χ4v) is 4.10. The van der Waals surface area contributed by atoms with Crippen LogP contribution in [0.25, 0.3) is 0 Å². The first-order valence-corrected chi connectivity index (χ1v) is 11.1. The molecule has 6 nitrogen and oxygen atoms in total. The summed E-state index contributed by atoms with van der Waals surface area (Å²) in [6.45, 7) is 9.12. The summed E-state index contributed by atoms with van der Waals surface area (Å²) >= 11 is 1.80. The van der Waals surface area contributed by atoms with Gasteiger partial charge in [0.05, 0.1) is 0 Å². The maximum absolute atomic E-state index is 12.3. The van der Waals surface area contributed by atoms with Gasteiger partial charge in [0.2, 0.25) is 0 Å². The molecule has 1 N–H and O–H groups in total. The predicted molar refractivity (Wildman–Crippen MR) is 117 cm³/mol. The molecule has 2 heterocycles. The van der Waals surface area contributed by atoms with Gasteiger partial charge in [-0.2, -0.15) is 0 Å². The van der Waals surface area contributed by atoms with Crippen LogP contribution in [0.1, 0.15) is 44.9 Å². The minimum Gasteiger partial charge on any atom is -0.444 e. The number of aliphatic imine (C=N–C) groups is 1. The highest BCUT2D eigenvalue weighted by Crippen LogP contribution is 2.21. The number of hydrogen-bond acceptors (Lipinski definition) is 4. The van der Waals surface area contributed by atoms with Gasteiger partial charge in [0.15, 0.2) is 5.96 Å². The van der Waals surface area contributed by atoms with E-state index >= 15 is 0 Å². The van der Waals surface area contributed by atoms with E-state index in [1.807, 2.05) is 32.7 Å². The number of hydrogen-bond donors (Lipinski definition) is 1. The third-order valence-corrected chi connectivity index (χ3v) is 5.79.